The largest absolute Gasteiger partial charge is 0.497 e. The average molecular weight is 370 g/mol. The van der Waals surface area contributed by atoms with Crippen molar-refractivity contribution < 1.29 is 14.2 Å². The Hall–Kier alpha value is -2.59. The third kappa shape index (κ3) is 5.74. The normalized spacial score (nSPS) is 9.88. The van der Waals surface area contributed by atoms with E-state index in [4.69, 9.17) is 14.2 Å². The van der Waals surface area contributed by atoms with E-state index in [1.807, 2.05) is 54.6 Å². The summed E-state index contributed by atoms with van der Waals surface area (Å²) in [6, 6.07) is 26.1. The number of hydrogen-bond acceptors (Lipinski definition) is 3. The highest BCUT2D eigenvalue weighted by Crippen LogP contribution is 2.26. The fourth-order valence-corrected chi connectivity index (χ4v) is 3.70. The molecule has 3 aromatic carbocycles. The summed E-state index contributed by atoms with van der Waals surface area (Å²) in [5.41, 5.74) is 0. The van der Waals surface area contributed by atoms with Crippen LogP contribution in [0.15, 0.2) is 88.7 Å². The summed E-state index contributed by atoms with van der Waals surface area (Å²) in [6.45, 7) is 0. The molecule has 0 spiro atoms. The summed E-state index contributed by atoms with van der Waals surface area (Å²) >= 11 is 0. The highest BCUT2D eigenvalue weighted by atomic mass is 32.2. The minimum Gasteiger partial charge on any atom is -0.497 e. The standard InChI is InChI=1S/C15H17O2S.C7H8O/c1-16-12-6-4-8-14(10-12)18(3)15-9-5-7-13(11-15)17-2;1-8-7-5-3-2-4-6-7/h4-11H,1-3H3;2-6H,1H3/q+1;. The van der Waals surface area contributed by atoms with Gasteiger partial charge in [-0.2, -0.15) is 0 Å². The molecule has 0 bridgehead atoms. The van der Waals surface area contributed by atoms with Gasteiger partial charge in [0.2, 0.25) is 0 Å². The summed E-state index contributed by atoms with van der Waals surface area (Å²) in [7, 11) is 5.07. The average Bonchev–Trinajstić information content (AvgIpc) is 2.74. The van der Waals surface area contributed by atoms with Gasteiger partial charge in [-0.3, -0.25) is 0 Å². The lowest BCUT2D eigenvalue weighted by molar-refractivity contribution is 0.413. The van der Waals surface area contributed by atoms with Gasteiger partial charge in [0.25, 0.3) is 0 Å². The fraction of sp³-hybridized carbons (Fsp3) is 0.182. The lowest BCUT2D eigenvalue weighted by Crippen LogP contribution is -2.01. The van der Waals surface area contributed by atoms with Gasteiger partial charge in [0.15, 0.2) is 9.79 Å². The molecule has 0 saturated heterocycles. The van der Waals surface area contributed by atoms with Gasteiger partial charge in [-0.15, -0.1) is 0 Å². The number of hydrogen-bond donors (Lipinski definition) is 0. The van der Waals surface area contributed by atoms with E-state index in [2.05, 4.69) is 30.5 Å². The maximum Gasteiger partial charge on any atom is 0.164 e. The van der Waals surface area contributed by atoms with Crippen LogP contribution in [0, 0.1) is 0 Å². The molecule has 0 amide bonds. The van der Waals surface area contributed by atoms with Crippen LogP contribution in [-0.4, -0.2) is 27.6 Å². The van der Waals surface area contributed by atoms with E-state index in [0.29, 0.717) is 0 Å². The number of methoxy groups -OCH3 is 3. The Morgan fingerprint density at radius 2 is 0.962 bits per heavy atom. The molecule has 4 heteroatoms. The Labute approximate surface area is 158 Å². The van der Waals surface area contributed by atoms with Gasteiger partial charge in [-0.05, 0) is 36.4 Å². The van der Waals surface area contributed by atoms with Crippen molar-refractivity contribution in [2.24, 2.45) is 0 Å². The Balaban J connectivity index is 0.000000254. The molecule has 136 valence electrons. The van der Waals surface area contributed by atoms with Gasteiger partial charge in [0.05, 0.1) is 32.2 Å². The Bertz CT molecular complexity index is 743. The van der Waals surface area contributed by atoms with E-state index >= 15 is 0 Å². The van der Waals surface area contributed by atoms with Crippen molar-refractivity contribution in [3.63, 3.8) is 0 Å². The molecule has 3 nitrogen and oxygen atoms in total. The van der Waals surface area contributed by atoms with Crippen LogP contribution in [0.2, 0.25) is 0 Å². The van der Waals surface area contributed by atoms with Crippen molar-refractivity contribution in [2.75, 3.05) is 27.6 Å². The first kappa shape index (κ1) is 19.7. The van der Waals surface area contributed by atoms with Crippen molar-refractivity contribution in [1.29, 1.82) is 0 Å². The Morgan fingerprint density at radius 1 is 0.538 bits per heavy atom. The van der Waals surface area contributed by atoms with Crippen molar-refractivity contribution in [3.8, 4) is 17.2 Å². The number of para-hydroxylation sites is 1. The third-order valence-electron chi connectivity index (χ3n) is 3.77. The second-order valence-corrected chi connectivity index (χ2v) is 7.35. The lowest BCUT2D eigenvalue weighted by atomic mass is 10.3. The second-order valence-electron chi connectivity index (χ2n) is 5.39. The smallest absolute Gasteiger partial charge is 0.164 e. The van der Waals surface area contributed by atoms with E-state index in [9.17, 15) is 0 Å². The maximum absolute atomic E-state index is 5.27. The van der Waals surface area contributed by atoms with Crippen molar-refractivity contribution in [3.05, 3.63) is 78.9 Å². The second kappa shape index (κ2) is 10.4. The summed E-state index contributed by atoms with van der Waals surface area (Å²) in [5.74, 6) is 2.71. The van der Waals surface area contributed by atoms with Gasteiger partial charge >= 0.3 is 0 Å². The zero-order valence-electron chi connectivity index (χ0n) is 15.6. The van der Waals surface area contributed by atoms with Crippen LogP contribution in [-0.2, 0) is 10.9 Å². The maximum atomic E-state index is 5.27. The molecular formula is C22H25O3S+. The first-order valence-corrected chi connectivity index (χ1v) is 9.84. The molecule has 0 aliphatic heterocycles. The molecule has 0 aromatic heterocycles. The van der Waals surface area contributed by atoms with Gasteiger partial charge in [-0.25, -0.2) is 0 Å². The Morgan fingerprint density at radius 3 is 1.35 bits per heavy atom. The molecule has 0 atom stereocenters. The van der Waals surface area contributed by atoms with Crippen LogP contribution in [0.1, 0.15) is 0 Å². The van der Waals surface area contributed by atoms with Crippen molar-refractivity contribution in [2.45, 2.75) is 9.79 Å². The molecule has 3 aromatic rings. The molecule has 3 rings (SSSR count). The topological polar surface area (TPSA) is 27.7 Å². The lowest BCUT2D eigenvalue weighted by Gasteiger charge is -2.06. The minimum absolute atomic E-state index is 0.0194. The zero-order valence-corrected chi connectivity index (χ0v) is 16.5. The predicted molar refractivity (Wildman–Crippen MR) is 109 cm³/mol. The molecule has 0 fully saturated rings. The molecule has 0 radical (unpaired) electrons. The van der Waals surface area contributed by atoms with E-state index in [1.165, 1.54) is 9.79 Å². The molecular weight excluding hydrogens is 344 g/mol. The molecule has 0 aliphatic rings. The van der Waals surface area contributed by atoms with Crippen LogP contribution in [0.25, 0.3) is 0 Å². The van der Waals surface area contributed by atoms with Crippen LogP contribution in [0.3, 0.4) is 0 Å². The monoisotopic (exact) mass is 369 g/mol. The van der Waals surface area contributed by atoms with Crippen molar-refractivity contribution in [1.82, 2.24) is 0 Å². The SMILES string of the molecule is COc1cccc([S+](C)c2cccc(OC)c2)c1.COc1ccccc1. The van der Waals surface area contributed by atoms with Crippen LogP contribution >= 0.6 is 0 Å². The number of rotatable bonds is 5. The van der Waals surface area contributed by atoms with Gasteiger partial charge in [0, 0.05) is 12.1 Å². The van der Waals surface area contributed by atoms with Crippen LogP contribution < -0.4 is 14.2 Å². The summed E-state index contributed by atoms with van der Waals surface area (Å²) in [4.78, 5) is 2.53. The number of ether oxygens (including phenoxy) is 3. The van der Waals surface area contributed by atoms with Crippen LogP contribution in [0.5, 0.6) is 17.2 Å². The quantitative estimate of drug-likeness (QED) is 0.588. The molecule has 0 heterocycles. The van der Waals surface area contributed by atoms with Crippen molar-refractivity contribution >= 4 is 10.9 Å². The fourth-order valence-electron chi connectivity index (χ4n) is 2.28. The summed E-state index contributed by atoms with van der Waals surface area (Å²) < 4.78 is 15.4. The number of benzene rings is 3. The van der Waals surface area contributed by atoms with E-state index in [1.54, 1.807) is 21.3 Å². The van der Waals surface area contributed by atoms with Gasteiger partial charge < -0.3 is 14.2 Å². The van der Waals surface area contributed by atoms with E-state index in [0.717, 1.165) is 17.2 Å². The molecule has 0 unspecified atom stereocenters. The highest BCUT2D eigenvalue weighted by molar-refractivity contribution is 7.96. The summed E-state index contributed by atoms with van der Waals surface area (Å²) in [5, 5.41) is 0. The van der Waals surface area contributed by atoms with E-state index < -0.39 is 0 Å². The third-order valence-corrected chi connectivity index (χ3v) is 5.69. The van der Waals surface area contributed by atoms with Gasteiger partial charge in [0.1, 0.15) is 23.5 Å². The molecule has 26 heavy (non-hydrogen) atoms. The first-order chi connectivity index (χ1) is 12.7. The zero-order chi connectivity index (χ0) is 18.8. The predicted octanol–water partition coefficient (Wildman–Crippen LogP) is 5.07. The highest BCUT2D eigenvalue weighted by Gasteiger charge is 2.20. The summed E-state index contributed by atoms with van der Waals surface area (Å²) in [6.07, 6.45) is 2.21. The molecule has 0 N–H and O–H groups in total. The van der Waals surface area contributed by atoms with Crippen LogP contribution in [0.4, 0.5) is 0 Å². The van der Waals surface area contributed by atoms with Gasteiger partial charge in [-0.1, -0.05) is 30.3 Å². The molecule has 0 aliphatic carbocycles. The molecule has 0 saturated carbocycles. The first-order valence-electron chi connectivity index (χ1n) is 8.21. The van der Waals surface area contributed by atoms with E-state index in [-0.39, 0.29) is 10.9 Å². The Kier molecular flexibility index (Phi) is 7.90. The minimum atomic E-state index is 0.0194.